The van der Waals surface area contributed by atoms with Gasteiger partial charge in [-0.3, -0.25) is 9.59 Å². The van der Waals surface area contributed by atoms with Crippen LogP contribution in [0.3, 0.4) is 0 Å². The minimum atomic E-state index is -0.198. The highest BCUT2D eigenvalue weighted by atomic mass is 35.5. The first-order valence-electron chi connectivity index (χ1n) is 8.49. The van der Waals surface area contributed by atoms with Gasteiger partial charge in [0, 0.05) is 31.1 Å². The Bertz CT molecular complexity index is 635. The Labute approximate surface area is 147 Å². The molecule has 2 aliphatic heterocycles. The summed E-state index contributed by atoms with van der Waals surface area (Å²) in [5, 5.41) is 3.65. The highest BCUT2D eigenvalue weighted by molar-refractivity contribution is 6.30. The molecule has 2 heterocycles. The molecule has 0 aliphatic carbocycles. The Morgan fingerprint density at radius 3 is 3.08 bits per heavy atom. The molecule has 1 saturated heterocycles. The van der Waals surface area contributed by atoms with E-state index in [2.05, 4.69) is 12.2 Å². The molecule has 5 nitrogen and oxygen atoms in total. The fourth-order valence-electron chi connectivity index (χ4n) is 3.29. The fraction of sp³-hybridized carbons (Fsp3) is 0.556. The molecule has 1 N–H and O–H groups in total. The van der Waals surface area contributed by atoms with Crippen molar-refractivity contribution in [2.45, 2.75) is 26.2 Å². The van der Waals surface area contributed by atoms with Crippen LogP contribution in [0.25, 0.3) is 0 Å². The van der Waals surface area contributed by atoms with E-state index in [0.29, 0.717) is 37.6 Å². The highest BCUT2D eigenvalue weighted by Crippen LogP contribution is 2.29. The van der Waals surface area contributed by atoms with Crippen LogP contribution in [0.5, 0.6) is 5.75 Å². The van der Waals surface area contributed by atoms with E-state index < -0.39 is 0 Å². The Morgan fingerprint density at radius 1 is 1.50 bits per heavy atom. The fourth-order valence-corrected chi connectivity index (χ4v) is 3.48. The van der Waals surface area contributed by atoms with E-state index >= 15 is 0 Å². The predicted molar refractivity (Wildman–Crippen MR) is 92.1 cm³/mol. The average Bonchev–Trinajstić information content (AvgIpc) is 2.96. The number of amides is 2. The van der Waals surface area contributed by atoms with Crippen LogP contribution in [0.4, 0.5) is 0 Å². The first-order valence-corrected chi connectivity index (χ1v) is 8.87. The minimum absolute atomic E-state index is 0.000207. The Hall–Kier alpha value is -1.75. The number of nitrogens with zero attached hydrogens (tertiary/aromatic N) is 1. The van der Waals surface area contributed by atoms with E-state index in [1.54, 1.807) is 6.07 Å². The lowest BCUT2D eigenvalue weighted by molar-refractivity contribution is -0.128. The van der Waals surface area contributed by atoms with Crippen LogP contribution >= 0.6 is 11.6 Å². The van der Waals surface area contributed by atoms with Crippen molar-refractivity contribution in [1.29, 1.82) is 0 Å². The molecule has 2 amide bonds. The minimum Gasteiger partial charge on any atom is -0.492 e. The van der Waals surface area contributed by atoms with E-state index in [4.69, 9.17) is 16.3 Å². The largest absolute Gasteiger partial charge is 0.492 e. The third-order valence-electron chi connectivity index (χ3n) is 4.63. The van der Waals surface area contributed by atoms with Gasteiger partial charge in [0.1, 0.15) is 12.4 Å². The zero-order valence-electron chi connectivity index (χ0n) is 13.9. The molecule has 0 aromatic heterocycles. The van der Waals surface area contributed by atoms with Gasteiger partial charge in [0.15, 0.2) is 0 Å². The molecular weight excluding hydrogens is 328 g/mol. The van der Waals surface area contributed by atoms with Crippen LogP contribution in [-0.2, 0) is 16.0 Å². The van der Waals surface area contributed by atoms with E-state index in [9.17, 15) is 9.59 Å². The molecule has 3 rings (SSSR count). The van der Waals surface area contributed by atoms with Crippen LogP contribution < -0.4 is 10.1 Å². The number of halogens is 1. The van der Waals surface area contributed by atoms with E-state index in [1.807, 2.05) is 17.0 Å². The van der Waals surface area contributed by atoms with Crippen molar-refractivity contribution in [2.75, 3.05) is 26.2 Å². The van der Waals surface area contributed by atoms with E-state index in [-0.39, 0.29) is 23.7 Å². The molecule has 1 aromatic rings. The third kappa shape index (κ3) is 4.01. The van der Waals surface area contributed by atoms with Crippen LogP contribution in [0, 0.1) is 11.8 Å². The molecule has 1 aromatic carbocycles. The first kappa shape index (κ1) is 17.1. The first-order chi connectivity index (χ1) is 11.5. The summed E-state index contributed by atoms with van der Waals surface area (Å²) >= 11 is 6.01. The van der Waals surface area contributed by atoms with Crippen LogP contribution in [0.15, 0.2) is 18.2 Å². The molecule has 0 spiro atoms. The van der Waals surface area contributed by atoms with Gasteiger partial charge in [-0.1, -0.05) is 18.5 Å². The van der Waals surface area contributed by atoms with Crippen molar-refractivity contribution in [1.82, 2.24) is 10.2 Å². The zero-order chi connectivity index (χ0) is 17.1. The molecule has 6 heteroatoms. The molecule has 0 saturated carbocycles. The topological polar surface area (TPSA) is 58.6 Å². The summed E-state index contributed by atoms with van der Waals surface area (Å²) < 4.78 is 5.67. The van der Waals surface area contributed by atoms with Gasteiger partial charge in [-0.25, -0.2) is 0 Å². The van der Waals surface area contributed by atoms with Crippen molar-refractivity contribution in [3.8, 4) is 5.75 Å². The lowest BCUT2D eigenvalue weighted by Gasteiger charge is -2.26. The summed E-state index contributed by atoms with van der Waals surface area (Å²) in [4.78, 5) is 25.9. The normalized spacial score (nSPS) is 21.2. The average molecular weight is 351 g/mol. The number of carbonyl (C=O) groups is 2. The monoisotopic (exact) mass is 350 g/mol. The molecule has 0 bridgehead atoms. The Balaban J connectivity index is 1.48. The number of fused-ring (bicyclic) bond motifs is 1. The van der Waals surface area contributed by atoms with Gasteiger partial charge in [-0.15, -0.1) is 0 Å². The van der Waals surface area contributed by atoms with Gasteiger partial charge in [0.05, 0.1) is 5.92 Å². The molecule has 0 unspecified atom stereocenters. The van der Waals surface area contributed by atoms with Gasteiger partial charge in [-0.2, -0.15) is 0 Å². The summed E-state index contributed by atoms with van der Waals surface area (Å²) in [6, 6.07) is 5.50. The zero-order valence-corrected chi connectivity index (χ0v) is 14.6. The third-order valence-corrected chi connectivity index (χ3v) is 4.86. The van der Waals surface area contributed by atoms with Crippen LogP contribution in [-0.4, -0.2) is 43.0 Å². The molecule has 2 atom stereocenters. The lowest BCUT2D eigenvalue weighted by atomic mass is 9.96. The van der Waals surface area contributed by atoms with Crippen LogP contribution in [0.2, 0.25) is 5.02 Å². The second kappa shape index (κ2) is 7.43. The maximum atomic E-state index is 12.4. The van der Waals surface area contributed by atoms with Gasteiger partial charge in [0.25, 0.3) is 0 Å². The Kier molecular flexibility index (Phi) is 5.29. The second-order valence-corrected chi connectivity index (χ2v) is 7.19. The molecule has 24 heavy (non-hydrogen) atoms. The molecule has 2 aliphatic rings. The van der Waals surface area contributed by atoms with Gasteiger partial charge >= 0.3 is 0 Å². The summed E-state index contributed by atoms with van der Waals surface area (Å²) in [6.07, 6.45) is 2.24. The number of benzene rings is 1. The van der Waals surface area contributed by atoms with Crippen molar-refractivity contribution < 1.29 is 14.3 Å². The predicted octanol–water partition coefficient (Wildman–Crippen LogP) is 2.27. The quantitative estimate of drug-likeness (QED) is 0.886. The molecule has 1 fully saturated rings. The van der Waals surface area contributed by atoms with Crippen LogP contribution in [0.1, 0.15) is 25.3 Å². The maximum absolute atomic E-state index is 12.4. The van der Waals surface area contributed by atoms with Crippen molar-refractivity contribution in [2.24, 2.45) is 11.8 Å². The van der Waals surface area contributed by atoms with Gasteiger partial charge in [0.2, 0.25) is 11.8 Å². The molecule has 0 radical (unpaired) electrons. The number of hydrogen-bond acceptors (Lipinski definition) is 3. The van der Waals surface area contributed by atoms with Gasteiger partial charge < -0.3 is 15.0 Å². The van der Waals surface area contributed by atoms with E-state index in [0.717, 1.165) is 24.3 Å². The number of likely N-dealkylation sites (tertiary alicyclic amines) is 1. The number of carbonyl (C=O) groups excluding carboxylic acids is 2. The van der Waals surface area contributed by atoms with Crippen molar-refractivity contribution in [3.63, 3.8) is 0 Å². The number of ether oxygens (including phenoxy) is 1. The SMILES string of the molecule is C[C@H](CNC(=O)[C@H]1COc2ccc(Cl)cc2C1)CN1CCCC1=O. The van der Waals surface area contributed by atoms with Gasteiger partial charge in [-0.05, 0) is 42.5 Å². The van der Waals surface area contributed by atoms with Crippen molar-refractivity contribution in [3.05, 3.63) is 28.8 Å². The summed E-state index contributed by atoms with van der Waals surface area (Å²) in [6.45, 7) is 4.56. The maximum Gasteiger partial charge on any atom is 0.226 e. The number of hydrogen-bond donors (Lipinski definition) is 1. The second-order valence-electron chi connectivity index (χ2n) is 6.76. The lowest BCUT2D eigenvalue weighted by Crippen LogP contribution is -2.41. The van der Waals surface area contributed by atoms with Crippen molar-refractivity contribution >= 4 is 23.4 Å². The smallest absolute Gasteiger partial charge is 0.226 e. The highest BCUT2D eigenvalue weighted by Gasteiger charge is 2.27. The summed E-state index contributed by atoms with van der Waals surface area (Å²) in [5.74, 6) is 1.07. The number of nitrogens with one attached hydrogen (secondary N) is 1. The number of rotatable bonds is 5. The Morgan fingerprint density at radius 2 is 2.33 bits per heavy atom. The standard InChI is InChI=1S/C18H23ClN2O3/c1-12(10-21-6-2-3-17(21)22)9-20-18(23)14-7-13-8-15(19)4-5-16(13)24-11-14/h4-5,8,12,14H,2-3,6-7,9-11H2,1H3,(H,20,23)/t12-,14-/m1/s1. The molecular formula is C18H23ClN2O3. The molecule has 130 valence electrons. The summed E-state index contributed by atoms with van der Waals surface area (Å²) in [7, 11) is 0. The summed E-state index contributed by atoms with van der Waals surface area (Å²) in [5.41, 5.74) is 0.976. The van der Waals surface area contributed by atoms with E-state index in [1.165, 1.54) is 0 Å².